The van der Waals surface area contributed by atoms with Gasteiger partial charge in [0.15, 0.2) is 0 Å². The molecule has 2 aliphatic carbocycles. The van der Waals surface area contributed by atoms with Gasteiger partial charge in [-0.25, -0.2) is 17.9 Å². The van der Waals surface area contributed by atoms with Crippen LogP contribution in [-0.2, 0) is 40.5 Å². The van der Waals surface area contributed by atoms with Gasteiger partial charge in [0.25, 0.3) is 0 Å². The summed E-state index contributed by atoms with van der Waals surface area (Å²) in [6.07, 6.45) is 6.21. The molecule has 1 aromatic rings. The van der Waals surface area contributed by atoms with E-state index >= 15 is 0 Å². The minimum Gasteiger partial charge on any atom is -0.356 e. The second-order valence-corrected chi connectivity index (χ2v) is 9.52. The Morgan fingerprint density at radius 3 is 2.22 bits per heavy atom. The minimum absolute atomic E-state index is 0.211. The molecule has 1 unspecified atom stereocenters. The van der Waals surface area contributed by atoms with Crippen molar-refractivity contribution in [2.45, 2.75) is 64.0 Å². The lowest BCUT2D eigenvalue weighted by Crippen LogP contribution is -2.41. The molecule has 3 amide bonds. The van der Waals surface area contributed by atoms with Crippen molar-refractivity contribution in [3.8, 4) is 0 Å². The van der Waals surface area contributed by atoms with E-state index in [0.29, 0.717) is 0 Å². The molecular formula is C19H27N3O4S. The third kappa shape index (κ3) is 4.43. The second-order valence-electron chi connectivity index (χ2n) is 7.42. The van der Waals surface area contributed by atoms with E-state index in [1.165, 1.54) is 25.0 Å². The molecule has 0 radical (unpaired) electrons. The molecule has 0 fully saturated rings. The van der Waals surface area contributed by atoms with E-state index in [4.69, 9.17) is 0 Å². The van der Waals surface area contributed by atoms with Crippen LogP contribution in [0.2, 0.25) is 0 Å². The highest BCUT2D eigenvalue weighted by Gasteiger charge is 2.27. The number of aryl methyl sites for hydroxylation is 2. The number of hydrogen-bond donors (Lipinski definition) is 3. The molecule has 148 valence electrons. The number of sulfonamides is 1. The fourth-order valence-electron chi connectivity index (χ4n) is 3.94. The Morgan fingerprint density at radius 1 is 1.07 bits per heavy atom. The topological polar surface area (TPSA) is 104 Å². The van der Waals surface area contributed by atoms with Crippen LogP contribution >= 0.6 is 0 Å². The molecular weight excluding hydrogens is 366 g/mol. The zero-order valence-corrected chi connectivity index (χ0v) is 16.7. The summed E-state index contributed by atoms with van der Waals surface area (Å²) >= 11 is 0. The van der Waals surface area contributed by atoms with Crippen LogP contribution in [-0.4, -0.2) is 32.2 Å². The molecule has 8 heteroatoms. The first-order valence-corrected chi connectivity index (χ1v) is 11.1. The van der Waals surface area contributed by atoms with Crippen molar-refractivity contribution in [3.63, 3.8) is 0 Å². The third-order valence-electron chi connectivity index (χ3n) is 5.40. The summed E-state index contributed by atoms with van der Waals surface area (Å²) in [5, 5.41) is 4.61. The van der Waals surface area contributed by atoms with E-state index in [-0.39, 0.29) is 18.9 Å². The van der Waals surface area contributed by atoms with Gasteiger partial charge in [-0.3, -0.25) is 4.79 Å². The van der Waals surface area contributed by atoms with E-state index in [0.717, 1.165) is 55.3 Å². The van der Waals surface area contributed by atoms with Crippen LogP contribution in [0.4, 0.5) is 10.5 Å². The molecule has 0 bridgehead atoms. The summed E-state index contributed by atoms with van der Waals surface area (Å²) in [7, 11) is -3.82. The van der Waals surface area contributed by atoms with Crippen LogP contribution in [0.25, 0.3) is 0 Å². The molecule has 0 saturated carbocycles. The number of hydrogen-bond acceptors (Lipinski definition) is 4. The predicted molar refractivity (Wildman–Crippen MR) is 104 cm³/mol. The molecule has 1 atom stereocenters. The Hall–Kier alpha value is -2.09. The molecule has 0 heterocycles. The maximum Gasteiger partial charge on any atom is 0.332 e. The Kier molecular flexibility index (Phi) is 5.74. The third-order valence-corrected chi connectivity index (χ3v) is 7.17. The number of benzene rings is 1. The molecule has 0 saturated heterocycles. The Labute approximate surface area is 160 Å². The fraction of sp³-hybridized carbons (Fsp3) is 0.579. The van der Waals surface area contributed by atoms with Crippen molar-refractivity contribution < 1.29 is 18.0 Å². The van der Waals surface area contributed by atoms with Crippen molar-refractivity contribution >= 4 is 27.6 Å². The highest BCUT2D eigenvalue weighted by atomic mass is 32.2. The van der Waals surface area contributed by atoms with Gasteiger partial charge in [-0.15, -0.1) is 0 Å². The van der Waals surface area contributed by atoms with E-state index in [1.807, 2.05) is 0 Å². The Morgan fingerprint density at radius 2 is 1.67 bits per heavy atom. The molecule has 1 aromatic carbocycles. The van der Waals surface area contributed by atoms with Crippen molar-refractivity contribution in [3.05, 3.63) is 28.3 Å². The summed E-state index contributed by atoms with van der Waals surface area (Å²) in [4.78, 5) is 23.3. The predicted octanol–water partition coefficient (Wildman–Crippen LogP) is 2.03. The summed E-state index contributed by atoms with van der Waals surface area (Å²) in [6.45, 7) is 3.15. The van der Waals surface area contributed by atoms with Gasteiger partial charge in [-0.1, -0.05) is 6.07 Å². The highest BCUT2D eigenvalue weighted by Crippen LogP contribution is 2.38. The molecule has 0 aromatic heterocycles. The standard InChI is InChI=1S/C19H27N3O4S/c1-12(9-10-20-13(2)23)27(25,26)22-19(24)21-18-16-7-3-5-14(16)11-15-6-4-8-17(15)18/h11-12H,3-10H2,1-2H3,(H,20,23)(H2,21,22,24). The molecule has 27 heavy (non-hydrogen) atoms. The number of carbonyl (C=O) groups excluding carboxylic acids is 2. The van der Waals surface area contributed by atoms with E-state index in [9.17, 15) is 18.0 Å². The largest absolute Gasteiger partial charge is 0.356 e. The maximum atomic E-state index is 12.4. The first-order valence-electron chi connectivity index (χ1n) is 9.51. The fourth-order valence-corrected chi connectivity index (χ4v) is 4.88. The summed E-state index contributed by atoms with van der Waals surface area (Å²) in [6, 6.07) is 1.55. The maximum absolute atomic E-state index is 12.4. The van der Waals surface area contributed by atoms with E-state index < -0.39 is 21.3 Å². The van der Waals surface area contributed by atoms with Crippen molar-refractivity contribution in [2.24, 2.45) is 0 Å². The molecule has 0 aliphatic heterocycles. The number of carbonyl (C=O) groups is 2. The molecule has 3 rings (SSSR count). The quantitative estimate of drug-likeness (QED) is 0.688. The minimum atomic E-state index is -3.82. The normalized spacial score (nSPS) is 16.4. The zero-order chi connectivity index (χ0) is 19.6. The van der Waals surface area contributed by atoms with Gasteiger partial charge in [0.1, 0.15) is 0 Å². The molecule has 7 nitrogen and oxygen atoms in total. The lowest BCUT2D eigenvalue weighted by molar-refractivity contribution is -0.118. The van der Waals surface area contributed by atoms with Gasteiger partial charge in [0, 0.05) is 19.2 Å². The van der Waals surface area contributed by atoms with Crippen LogP contribution in [0.3, 0.4) is 0 Å². The first-order chi connectivity index (χ1) is 12.8. The van der Waals surface area contributed by atoms with Crippen LogP contribution in [0.1, 0.15) is 55.4 Å². The number of anilines is 1. The van der Waals surface area contributed by atoms with Crippen molar-refractivity contribution in [1.29, 1.82) is 0 Å². The number of nitrogens with one attached hydrogen (secondary N) is 3. The van der Waals surface area contributed by atoms with E-state index in [1.54, 1.807) is 0 Å². The average molecular weight is 394 g/mol. The lowest BCUT2D eigenvalue weighted by atomic mass is 9.99. The number of rotatable bonds is 6. The van der Waals surface area contributed by atoms with Crippen LogP contribution in [0.15, 0.2) is 6.07 Å². The van der Waals surface area contributed by atoms with Crippen LogP contribution < -0.4 is 15.4 Å². The second kappa shape index (κ2) is 7.88. The van der Waals surface area contributed by atoms with Crippen LogP contribution in [0.5, 0.6) is 0 Å². The number of urea groups is 1. The summed E-state index contributed by atoms with van der Waals surface area (Å²) in [5.41, 5.74) is 5.68. The summed E-state index contributed by atoms with van der Waals surface area (Å²) in [5.74, 6) is -0.211. The van der Waals surface area contributed by atoms with E-state index in [2.05, 4.69) is 21.4 Å². The lowest BCUT2D eigenvalue weighted by Gasteiger charge is -2.18. The average Bonchev–Trinajstić information content (AvgIpc) is 3.22. The van der Waals surface area contributed by atoms with Gasteiger partial charge >= 0.3 is 6.03 Å². The van der Waals surface area contributed by atoms with Gasteiger partial charge in [-0.05, 0) is 74.1 Å². The van der Waals surface area contributed by atoms with Crippen LogP contribution in [0, 0.1) is 0 Å². The van der Waals surface area contributed by atoms with Gasteiger partial charge in [-0.2, -0.15) is 0 Å². The smallest absolute Gasteiger partial charge is 0.332 e. The van der Waals surface area contributed by atoms with Gasteiger partial charge in [0.2, 0.25) is 15.9 Å². The zero-order valence-electron chi connectivity index (χ0n) is 15.9. The highest BCUT2D eigenvalue weighted by molar-refractivity contribution is 7.90. The van der Waals surface area contributed by atoms with Gasteiger partial charge < -0.3 is 10.6 Å². The first kappa shape index (κ1) is 19.7. The molecule has 3 N–H and O–H groups in total. The molecule has 0 spiro atoms. The Bertz CT molecular complexity index is 832. The Balaban J connectivity index is 1.69. The SMILES string of the molecule is CC(=O)NCCC(C)S(=O)(=O)NC(=O)Nc1c2c(cc3c1CCC3)CCC2. The monoisotopic (exact) mass is 393 g/mol. The molecule has 2 aliphatic rings. The van der Waals surface area contributed by atoms with Crippen molar-refractivity contribution in [2.75, 3.05) is 11.9 Å². The van der Waals surface area contributed by atoms with Gasteiger partial charge in [0.05, 0.1) is 5.25 Å². The number of fused-ring (bicyclic) bond motifs is 2. The van der Waals surface area contributed by atoms with Crippen molar-refractivity contribution in [1.82, 2.24) is 10.0 Å². The number of amides is 3. The summed E-state index contributed by atoms with van der Waals surface area (Å²) < 4.78 is 26.9.